The number of hydrogen-bond donors (Lipinski definition) is 1. The van der Waals surface area contributed by atoms with Crippen LogP contribution in [0.4, 0.5) is 13.2 Å². The van der Waals surface area contributed by atoms with Crippen LogP contribution in [0, 0.1) is 0 Å². The summed E-state index contributed by atoms with van der Waals surface area (Å²) in [5.41, 5.74) is 0.0357. The van der Waals surface area contributed by atoms with E-state index in [1.807, 2.05) is 36.4 Å². The number of hydrogen-bond acceptors (Lipinski definition) is 7. The fraction of sp³-hybridized carbons (Fsp3) is 0.286. The van der Waals surface area contributed by atoms with Gasteiger partial charge in [0.15, 0.2) is 5.16 Å². The number of fused-ring (bicyclic) bond motifs is 3. The largest absolute Gasteiger partial charge is 0.433 e. The molecule has 2 bridgehead atoms. The van der Waals surface area contributed by atoms with Crippen molar-refractivity contribution >= 4 is 28.2 Å². The van der Waals surface area contributed by atoms with Crippen molar-refractivity contribution < 1.29 is 27.9 Å². The molecule has 2 aliphatic rings. The van der Waals surface area contributed by atoms with Gasteiger partial charge in [-0.25, -0.2) is 9.97 Å². The van der Waals surface area contributed by atoms with Crippen LogP contribution in [0.1, 0.15) is 12.1 Å². The molecule has 160 valence electrons. The smallest absolute Gasteiger partial charge is 0.411 e. The maximum atomic E-state index is 13.6. The summed E-state index contributed by atoms with van der Waals surface area (Å²) < 4.78 is 51.7. The van der Waals surface area contributed by atoms with Crippen LogP contribution in [0.5, 0.6) is 0 Å². The molecule has 2 aliphatic heterocycles. The topological polar surface area (TPSA) is 76.8 Å². The molecule has 1 N–H and O–H groups in total. The molecule has 3 atom stereocenters. The third-order valence-electron chi connectivity index (χ3n) is 5.23. The molecule has 0 unspecified atom stereocenters. The molecule has 0 saturated carbocycles. The van der Waals surface area contributed by atoms with Crippen molar-refractivity contribution in [3.63, 3.8) is 0 Å². The summed E-state index contributed by atoms with van der Waals surface area (Å²) in [6.45, 7) is 0.262. The van der Waals surface area contributed by atoms with E-state index in [0.29, 0.717) is 17.7 Å². The monoisotopic (exact) mass is 447 g/mol. The minimum Gasteiger partial charge on any atom is -0.411 e. The fourth-order valence-electron chi connectivity index (χ4n) is 3.68. The van der Waals surface area contributed by atoms with Gasteiger partial charge < -0.3 is 14.7 Å². The molecule has 10 heteroatoms. The molecular formula is C21H16F3N3O3S. The molecule has 31 heavy (non-hydrogen) atoms. The van der Waals surface area contributed by atoms with E-state index in [9.17, 15) is 13.2 Å². The summed E-state index contributed by atoms with van der Waals surface area (Å²) in [6, 6.07) is 14.0. The number of rotatable bonds is 3. The van der Waals surface area contributed by atoms with Crippen LogP contribution in [0.2, 0.25) is 0 Å². The Morgan fingerprint density at radius 3 is 2.65 bits per heavy atom. The van der Waals surface area contributed by atoms with Gasteiger partial charge in [0.1, 0.15) is 11.4 Å². The molecule has 0 spiro atoms. The van der Waals surface area contributed by atoms with Crippen LogP contribution in [0.3, 0.4) is 0 Å². The normalized spacial score (nSPS) is 24.7. The number of halogens is 3. The summed E-state index contributed by atoms with van der Waals surface area (Å²) in [5, 5.41) is 13.9. The first-order valence-electron chi connectivity index (χ1n) is 9.51. The first kappa shape index (κ1) is 20.2. The predicted octanol–water partition coefficient (Wildman–Crippen LogP) is 4.75. The second-order valence-corrected chi connectivity index (χ2v) is 8.48. The summed E-state index contributed by atoms with van der Waals surface area (Å²) in [6.07, 6.45) is -5.36. The van der Waals surface area contributed by atoms with E-state index in [1.54, 1.807) is 6.07 Å². The lowest BCUT2D eigenvalue weighted by molar-refractivity contribution is -0.141. The van der Waals surface area contributed by atoms with E-state index in [0.717, 1.165) is 28.6 Å². The Morgan fingerprint density at radius 2 is 1.87 bits per heavy atom. The molecule has 0 radical (unpaired) electrons. The zero-order valence-corrected chi connectivity index (χ0v) is 16.7. The number of aromatic nitrogens is 2. The number of alkyl halides is 3. The van der Waals surface area contributed by atoms with Crippen molar-refractivity contribution in [2.75, 3.05) is 6.61 Å². The zero-order valence-electron chi connectivity index (χ0n) is 15.9. The van der Waals surface area contributed by atoms with Gasteiger partial charge in [0.25, 0.3) is 0 Å². The van der Waals surface area contributed by atoms with Crippen molar-refractivity contribution in [1.29, 1.82) is 0 Å². The number of thioether (sulfide) groups is 1. The van der Waals surface area contributed by atoms with Crippen LogP contribution in [0.15, 0.2) is 58.8 Å². The SMILES string of the molecule is O/N=C1\C[C@@H](Sc2nc(-c3ccc4ccccc4c3)cc(C(F)(F)F)n2)[C@H]2CO[C@@H]1O2. The van der Waals surface area contributed by atoms with Gasteiger partial charge in [-0.3, -0.25) is 0 Å². The molecule has 1 aromatic heterocycles. The maximum Gasteiger partial charge on any atom is 0.433 e. The van der Waals surface area contributed by atoms with E-state index in [4.69, 9.17) is 14.7 Å². The molecule has 2 aromatic carbocycles. The van der Waals surface area contributed by atoms with E-state index in [-0.39, 0.29) is 28.8 Å². The lowest BCUT2D eigenvalue weighted by Crippen LogP contribution is -2.37. The minimum absolute atomic E-state index is 0.0192. The van der Waals surface area contributed by atoms with Crippen LogP contribution >= 0.6 is 11.8 Å². The summed E-state index contributed by atoms with van der Waals surface area (Å²) in [7, 11) is 0. The molecule has 3 aromatic rings. The van der Waals surface area contributed by atoms with Gasteiger partial charge in [-0.1, -0.05) is 53.3 Å². The molecule has 5 rings (SSSR count). The van der Waals surface area contributed by atoms with Crippen LogP contribution in [-0.2, 0) is 15.7 Å². The van der Waals surface area contributed by atoms with Gasteiger partial charge in [-0.2, -0.15) is 13.2 Å². The highest BCUT2D eigenvalue weighted by Gasteiger charge is 2.43. The Morgan fingerprint density at radius 1 is 1.06 bits per heavy atom. The minimum atomic E-state index is -4.62. The van der Waals surface area contributed by atoms with Gasteiger partial charge in [0.2, 0.25) is 6.29 Å². The second-order valence-electron chi connectivity index (χ2n) is 7.27. The predicted molar refractivity (Wildman–Crippen MR) is 108 cm³/mol. The zero-order chi connectivity index (χ0) is 21.6. The summed E-state index contributed by atoms with van der Waals surface area (Å²) in [5.74, 6) is 0. The maximum absolute atomic E-state index is 13.6. The van der Waals surface area contributed by atoms with Crippen LogP contribution in [0.25, 0.3) is 22.0 Å². The lowest BCUT2D eigenvalue weighted by atomic mass is 10.0. The third-order valence-corrected chi connectivity index (χ3v) is 6.40. The Hall–Kier alpha value is -2.69. The first-order valence-corrected chi connectivity index (χ1v) is 10.4. The van der Waals surface area contributed by atoms with Gasteiger partial charge in [-0.05, 0) is 22.9 Å². The Balaban J connectivity index is 1.53. The quantitative estimate of drug-likeness (QED) is 0.355. The number of oxime groups is 1. The summed E-state index contributed by atoms with van der Waals surface area (Å²) in [4.78, 5) is 8.15. The van der Waals surface area contributed by atoms with Crippen molar-refractivity contribution in [3.05, 3.63) is 54.2 Å². The van der Waals surface area contributed by atoms with Gasteiger partial charge in [0, 0.05) is 17.2 Å². The fourth-order valence-corrected chi connectivity index (χ4v) is 4.81. The molecule has 0 amide bonds. The van der Waals surface area contributed by atoms with Crippen molar-refractivity contribution in [3.8, 4) is 11.3 Å². The van der Waals surface area contributed by atoms with E-state index < -0.39 is 18.2 Å². The second kappa shape index (κ2) is 7.77. The van der Waals surface area contributed by atoms with Crippen LogP contribution in [-0.4, -0.2) is 45.1 Å². The highest BCUT2D eigenvalue weighted by Crippen LogP contribution is 2.38. The molecule has 0 aliphatic carbocycles. The van der Waals surface area contributed by atoms with Gasteiger partial charge >= 0.3 is 6.18 Å². The number of ether oxygens (including phenoxy) is 2. The average molecular weight is 447 g/mol. The molecule has 2 saturated heterocycles. The lowest BCUT2D eigenvalue weighted by Gasteiger charge is -2.26. The van der Waals surface area contributed by atoms with E-state index in [1.165, 1.54) is 0 Å². The highest BCUT2D eigenvalue weighted by molar-refractivity contribution is 7.99. The number of nitrogens with zero attached hydrogens (tertiary/aromatic N) is 3. The molecule has 2 fully saturated rings. The summed E-state index contributed by atoms with van der Waals surface area (Å²) >= 11 is 1.07. The molecular weight excluding hydrogens is 431 g/mol. The van der Waals surface area contributed by atoms with E-state index in [2.05, 4.69) is 15.1 Å². The molecule has 6 nitrogen and oxygen atoms in total. The number of benzene rings is 2. The van der Waals surface area contributed by atoms with Crippen molar-refractivity contribution in [2.45, 2.75) is 35.4 Å². The first-order chi connectivity index (χ1) is 14.9. The molecule has 3 heterocycles. The Bertz CT molecular complexity index is 1170. The Labute approximate surface area is 179 Å². The standard InChI is InChI=1S/C21H16F3N3O3S/c22-21(23,24)18-9-14(13-6-5-11-3-1-2-4-12(11)7-13)25-20(26-18)31-17-8-15(27-28)19-29-10-16(17)30-19/h1-7,9,16-17,19,28H,8,10H2/b27-15+/t16-,17-,19-/m1/s1. The average Bonchev–Trinajstić information content (AvgIpc) is 3.19. The highest BCUT2D eigenvalue weighted by atomic mass is 32.2. The van der Waals surface area contributed by atoms with Crippen molar-refractivity contribution in [1.82, 2.24) is 9.97 Å². The van der Waals surface area contributed by atoms with Crippen LogP contribution < -0.4 is 0 Å². The van der Waals surface area contributed by atoms with Gasteiger partial charge in [-0.15, -0.1) is 0 Å². The van der Waals surface area contributed by atoms with E-state index >= 15 is 0 Å². The third kappa shape index (κ3) is 3.98. The van der Waals surface area contributed by atoms with Gasteiger partial charge in [0.05, 0.1) is 18.4 Å². The van der Waals surface area contributed by atoms with Crippen molar-refractivity contribution in [2.24, 2.45) is 5.16 Å². The Kier molecular flexibility index (Phi) is 5.07.